The molecule has 0 fully saturated rings. The third-order valence-corrected chi connectivity index (χ3v) is 3.18. The number of imidazole rings is 1. The summed E-state index contributed by atoms with van der Waals surface area (Å²) >= 11 is 0. The van der Waals surface area contributed by atoms with Crippen LogP contribution in [0, 0.1) is 0 Å². The third kappa shape index (κ3) is 3.75. The molecule has 21 heavy (non-hydrogen) atoms. The number of hydrogen-bond donors (Lipinski definition) is 1. The predicted molar refractivity (Wildman–Crippen MR) is 76.8 cm³/mol. The van der Waals surface area contributed by atoms with E-state index in [-0.39, 0.29) is 6.42 Å². The molecule has 1 heterocycles. The highest BCUT2D eigenvalue weighted by atomic mass is 16.5. The molecule has 2 rings (SSSR count). The van der Waals surface area contributed by atoms with E-state index in [1.165, 1.54) is 0 Å². The van der Waals surface area contributed by atoms with Crippen molar-refractivity contribution < 1.29 is 19.4 Å². The summed E-state index contributed by atoms with van der Waals surface area (Å²) in [6.45, 7) is 0.415. The lowest BCUT2D eigenvalue weighted by molar-refractivity contribution is -0.137. The van der Waals surface area contributed by atoms with Crippen molar-refractivity contribution in [2.45, 2.75) is 19.4 Å². The van der Waals surface area contributed by atoms with Gasteiger partial charge >= 0.3 is 5.97 Å². The van der Waals surface area contributed by atoms with Crippen LogP contribution in [0.2, 0.25) is 0 Å². The summed E-state index contributed by atoms with van der Waals surface area (Å²) in [5.41, 5.74) is 1.02. The SMILES string of the molecule is COc1ccc(Cc2nccn2CCC(=O)O)cc1OC. The Kier molecular flexibility index (Phi) is 4.81. The lowest BCUT2D eigenvalue weighted by atomic mass is 10.1. The van der Waals surface area contributed by atoms with Crippen LogP contribution in [0.1, 0.15) is 17.8 Å². The summed E-state index contributed by atoms with van der Waals surface area (Å²) in [4.78, 5) is 14.9. The Labute approximate surface area is 122 Å². The number of carboxylic acids is 1. The van der Waals surface area contributed by atoms with Crippen molar-refractivity contribution in [2.24, 2.45) is 0 Å². The average Bonchev–Trinajstić information content (AvgIpc) is 2.92. The highest BCUT2D eigenvalue weighted by Crippen LogP contribution is 2.28. The topological polar surface area (TPSA) is 73.6 Å². The van der Waals surface area contributed by atoms with Crippen LogP contribution in [0.5, 0.6) is 11.5 Å². The van der Waals surface area contributed by atoms with Gasteiger partial charge in [0.1, 0.15) is 5.82 Å². The molecule has 0 bridgehead atoms. The number of ether oxygens (including phenoxy) is 2. The molecular weight excluding hydrogens is 272 g/mol. The van der Waals surface area contributed by atoms with E-state index < -0.39 is 5.97 Å². The lowest BCUT2D eigenvalue weighted by Gasteiger charge is -2.10. The van der Waals surface area contributed by atoms with E-state index in [4.69, 9.17) is 14.6 Å². The number of rotatable bonds is 7. The minimum absolute atomic E-state index is 0.0787. The Morgan fingerprint density at radius 3 is 2.71 bits per heavy atom. The second-order valence-corrected chi connectivity index (χ2v) is 4.55. The molecular formula is C15H18N2O4. The summed E-state index contributed by atoms with van der Waals surface area (Å²) in [6.07, 6.45) is 4.15. The number of hydrogen-bond acceptors (Lipinski definition) is 4. The van der Waals surface area contributed by atoms with Crippen molar-refractivity contribution in [3.8, 4) is 11.5 Å². The molecule has 1 aromatic carbocycles. The number of carboxylic acid groups (broad SMARTS) is 1. The molecule has 0 saturated carbocycles. The van der Waals surface area contributed by atoms with E-state index in [0.29, 0.717) is 24.5 Å². The predicted octanol–water partition coefficient (Wildman–Crippen LogP) is 1.97. The van der Waals surface area contributed by atoms with Crippen LogP contribution in [-0.4, -0.2) is 34.8 Å². The number of methoxy groups -OCH3 is 2. The minimum Gasteiger partial charge on any atom is -0.493 e. The molecule has 0 saturated heterocycles. The van der Waals surface area contributed by atoms with E-state index in [1.807, 2.05) is 22.8 Å². The first kappa shape index (κ1) is 14.9. The standard InChI is InChI=1S/C15H18N2O4/c1-20-12-4-3-11(9-13(12)21-2)10-14-16-6-8-17(14)7-5-15(18)19/h3-4,6,8-9H,5,7,10H2,1-2H3,(H,18,19). The number of aromatic nitrogens is 2. The van der Waals surface area contributed by atoms with Crippen molar-refractivity contribution in [2.75, 3.05) is 14.2 Å². The first-order valence-corrected chi connectivity index (χ1v) is 6.56. The van der Waals surface area contributed by atoms with Gasteiger partial charge in [0.25, 0.3) is 0 Å². The van der Waals surface area contributed by atoms with Gasteiger partial charge in [-0.3, -0.25) is 4.79 Å². The Morgan fingerprint density at radius 2 is 2.05 bits per heavy atom. The van der Waals surface area contributed by atoms with Gasteiger partial charge < -0.3 is 19.1 Å². The Morgan fingerprint density at radius 1 is 1.29 bits per heavy atom. The van der Waals surface area contributed by atoms with Crippen LogP contribution >= 0.6 is 0 Å². The van der Waals surface area contributed by atoms with Crippen molar-refractivity contribution in [1.29, 1.82) is 0 Å². The molecule has 1 aromatic heterocycles. The minimum atomic E-state index is -0.819. The molecule has 0 amide bonds. The van der Waals surface area contributed by atoms with E-state index in [1.54, 1.807) is 26.6 Å². The highest BCUT2D eigenvalue weighted by Gasteiger charge is 2.09. The lowest BCUT2D eigenvalue weighted by Crippen LogP contribution is -2.08. The van der Waals surface area contributed by atoms with Gasteiger partial charge in [0.05, 0.1) is 20.6 Å². The summed E-state index contributed by atoms with van der Waals surface area (Å²) < 4.78 is 12.3. The molecule has 0 aliphatic carbocycles. The molecule has 0 aliphatic rings. The van der Waals surface area contributed by atoms with Crippen LogP contribution in [0.4, 0.5) is 0 Å². The van der Waals surface area contributed by atoms with Crippen molar-refractivity contribution in [3.05, 3.63) is 42.0 Å². The molecule has 2 aromatic rings. The molecule has 6 nitrogen and oxygen atoms in total. The number of benzene rings is 1. The number of carbonyl (C=O) groups is 1. The molecule has 1 N–H and O–H groups in total. The third-order valence-electron chi connectivity index (χ3n) is 3.18. The van der Waals surface area contributed by atoms with Gasteiger partial charge in [0.15, 0.2) is 11.5 Å². The van der Waals surface area contributed by atoms with Crippen LogP contribution in [0.3, 0.4) is 0 Å². The van der Waals surface area contributed by atoms with Crippen LogP contribution in [0.15, 0.2) is 30.6 Å². The molecule has 0 radical (unpaired) electrons. The smallest absolute Gasteiger partial charge is 0.305 e. The monoisotopic (exact) mass is 290 g/mol. The fraction of sp³-hybridized carbons (Fsp3) is 0.333. The second-order valence-electron chi connectivity index (χ2n) is 4.55. The summed E-state index contributed by atoms with van der Waals surface area (Å²) in [5.74, 6) is 1.35. The normalized spacial score (nSPS) is 10.4. The molecule has 0 aliphatic heterocycles. The van der Waals surface area contributed by atoms with E-state index in [0.717, 1.165) is 11.4 Å². The zero-order chi connectivity index (χ0) is 15.2. The molecule has 0 spiro atoms. The fourth-order valence-electron chi connectivity index (χ4n) is 2.10. The highest BCUT2D eigenvalue weighted by molar-refractivity contribution is 5.66. The molecule has 112 valence electrons. The van der Waals surface area contributed by atoms with Gasteiger partial charge in [-0.15, -0.1) is 0 Å². The van der Waals surface area contributed by atoms with Gasteiger partial charge in [-0.25, -0.2) is 4.98 Å². The maximum absolute atomic E-state index is 10.7. The number of aryl methyl sites for hydroxylation is 1. The Balaban J connectivity index is 2.15. The number of nitrogens with zero attached hydrogens (tertiary/aromatic N) is 2. The van der Waals surface area contributed by atoms with Gasteiger partial charge in [-0.1, -0.05) is 6.07 Å². The van der Waals surface area contributed by atoms with Crippen molar-refractivity contribution in [3.63, 3.8) is 0 Å². The first-order chi connectivity index (χ1) is 10.1. The fourth-order valence-corrected chi connectivity index (χ4v) is 2.10. The maximum atomic E-state index is 10.7. The molecule has 0 unspecified atom stereocenters. The quantitative estimate of drug-likeness (QED) is 0.844. The van der Waals surface area contributed by atoms with Gasteiger partial charge in [-0.05, 0) is 17.7 Å². The zero-order valence-corrected chi connectivity index (χ0v) is 12.1. The largest absolute Gasteiger partial charge is 0.493 e. The average molecular weight is 290 g/mol. The summed E-state index contributed by atoms with van der Waals surface area (Å²) in [7, 11) is 3.19. The van der Waals surface area contributed by atoms with Crippen LogP contribution < -0.4 is 9.47 Å². The summed E-state index contributed by atoms with van der Waals surface area (Å²) in [5, 5.41) is 8.75. The maximum Gasteiger partial charge on any atom is 0.305 e. The van der Waals surface area contributed by atoms with Gasteiger partial charge in [-0.2, -0.15) is 0 Å². The zero-order valence-electron chi connectivity index (χ0n) is 12.1. The van der Waals surface area contributed by atoms with Crippen molar-refractivity contribution >= 4 is 5.97 Å². The number of aliphatic carboxylic acids is 1. The van der Waals surface area contributed by atoms with Gasteiger partial charge in [0, 0.05) is 25.4 Å². The van der Waals surface area contributed by atoms with E-state index >= 15 is 0 Å². The van der Waals surface area contributed by atoms with E-state index in [9.17, 15) is 4.79 Å². The van der Waals surface area contributed by atoms with E-state index in [2.05, 4.69) is 4.98 Å². The molecule has 0 atom stereocenters. The summed E-state index contributed by atoms with van der Waals surface area (Å²) in [6, 6.07) is 5.69. The Bertz CT molecular complexity index is 622. The van der Waals surface area contributed by atoms with Crippen LogP contribution in [-0.2, 0) is 17.8 Å². The van der Waals surface area contributed by atoms with Crippen molar-refractivity contribution in [1.82, 2.24) is 9.55 Å². The van der Waals surface area contributed by atoms with Gasteiger partial charge in [0.2, 0.25) is 0 Å². The first-order valence-electron chi connectivity index (χ1n) is 6.56. The molecule has 6 heteroatoms. The Hall–Kier alpha value is -2.50. The second kappa shape index (κ2) is 6.78. The van der Waals surface area contributed by atoms with Crippen LogP contribution in [0.25, 0.3) is 0 Å².